The molecule has 24 heavy (non-hydrogen) atoms. The van der Waals surface area contributed by atoms with Gasteiger partial charge in [0.15, 0.2) is 0 Å². The molecule has 1 aromatic rings. The Morgan fingerprint density at radius 2 is 1.96 bits per heavy atom. The van der Waals surface area contributed by atoms with Crippen LogP contribution in [0.5, 0.6) is 0 Å². The number of carbonyl (C=O) groups is 1. The Morgan fingerprint density at radius 3 is 2.62 bits per heavy atom. The molecule has 1 aliphatic carbocycles. The van der Waals surface area contributed by atoms with Crippen LogP contribution in [0, 0.1) is 5.92 Å². The van der Waals surface area contributed by atoms with Gasteiger partial charge in [-0.05, 0) is 56.7 Å². The molecule has 1 saturated carbocycles. The van der Waals surface area contributed by atoms with E-state index < -0.39 is 0 Å². The van der Waals surface area contributed by atoms with Crippen LogP contribution in [0.4, 0.5) is 5.69 Å². The number of nitrogens with one attached hydrogen (secondary N) is 2. The number of benzene rings is 1. The summed E-state index contributed by atoms with van der Waals surface area (Å²) in [6, 6.07) is 8.46. The zero-order chi connectivity index (χ0) is 16.2. The summed E-state index contributed by atoms with van der Waals surface area (Å²) in [6.07, 6.45) is 6.31. The van der Waals surface area contributed by atoms with Gasteiger partial charge in [0.1, 0.15) is 0 Å². The van der Waals surface area contributed by atoms with Crippen molar-refractivity contribution in [2.45, 2.75) is 70.7 Å². The van der Waals surface area contributed by atoms with Crippen LogP contribution in [-0.4, -0.2) is 24.1 Å². The summed E-state index contributed by atoms with van der Waals surface area (Å²) in [6.45, 7) is 4.67. The number of hydrogen-bond donors (Lipinski definition) is 2. The lowest BCUT2D eigenvalue weighted by atomic mass is 9.85. The third kappa shape index (κ3) is 4.95. The average Bonchev–Trinajstić information content (AvgIpc) is 2.98. The van der Waals surface area contributed by atoms with Crippen LogP contribution >= 0.6 is 12.4 Å². The molecule has 134 valence electrons. The molecule has 2 N–H and O–H groups in total. The molecule has 1 heterocycles. The van der Waals surface area contributed by atoms with Gasteiger partial charge in [-0.3, -0.25) is 4.79 Å². The maximum Gasteiger partial charge on any atom is 0.241 e. The number of fused-ring (bicyclic) bond motifs is 1. The number of ether oxygens (including phenoxy) is 1. The molecule has 2 aliphatic rings. The van der Waals surface area contributed by atoms with Crippen molar-refractivity contribution in [2.75, 3.05) is 5.32 Å². The van der Waals surface area contributed by atoms with E-state index in [0.717, 1.165) is 17.7 Å². The first-order chi connectivity index (χ1) is 11.1. The highest BCUT2D eigenvalue weighted by molar-refractivity contribution is 5.95. The van der Waals surface area contributed by atoms with Gasteiger partial charge in [0, 0.05) is 11.7 Å². The zero-order valence-electron chi connectivity index (χ0n) is 14.6. The molecule has 0 aromatic heterocycles. The second-order valence-electron chi connectivity index (χ2n) is 7.15. The molecule has 0 spiro atoms. The van der Waals surface area contributed by atoms with Crippen LogP contribution in [-0.2, 0) is 16.1 Å². The third-order valence-electron chi connectivity index (χ3n) is 4.98. The first-order valence-corrected chi connectivity index (χ1v) is 8.89. The molecule has 4 nitrogen and oxygen atoms in total. The van der Waals surface area contributed by atoms with Crippen LogP contribution in [0.3, 0.4) is 0 Å². The molecule has 1 amide bonds. The van der Waals surface area contributed by atoms with Gasteiger partial charge in [-0.25, -0.2) is 0 Å². The first kappa shape index (κ1) is 19.2. The van der Waals surface area contributed by atoms with Crippen LogP contribution in [0.25, 0.3) is 0 Å². The van der Waals surface area contributed by atoms with Gasteiger partial charge in [0.05, 0.1) is 18.8 Å². The number of carbonyl (C=O) groups excluding carboxylic acids is 1. The molecule has 1 saturated heterocycles. The van der Waals surface area contributed by atoms with E-state index in [1.807, 2.05) is 38.1 Å². The Labute approximate surface area is 151 Å². The second kappa shape index (κ2) is 8.84. The molecular formula is C19H29ClN2O2. The van der Waals surface area contributed by atoms with E-state index in [2.05, 4.69) is 10.6 Å². The Kier molecular flexibility index (Phi) is 7.08. The summed E-state index contributed by atoms with van der Waals surface area (Å²) in [5, 5.41) is 6.57. The number of anilines is 1. The summed E-state index contributed by atoms with van der Waals surface area (Å²) >= 11 is 0. The maximum absolute atomic E-state index is 12.5. The van der Waals surface area contributed by atoms with E-state index in [1.54, 1.807) is 0 Å². The van der Waals surface area contributed by atoms with Gasteiger partial charge in [0.25, 0.3) is 0 Å². The van der Waals surface area contributed by atoms with E-state index in [-0.39, 0.29) is 30.5 Å². The summed E-state index contributed by atoms with van der Waals surface area (Å²) < 4.78 is 5.59. The van der Waals surface area contributed by atoms with Gasteiger partial charge in [-0.2, -0.15) is 0 Å². The predicted molar refractivity (Wildman–Crippen MR) is 99.5 cm³/mol. The van der Waals surface area contributed by atoms with Crippen LogP contribution < -0.4 is 10.6 Å². The third-order valence-corrected chi connectivity index (χ3v) is 4.98. The highest BCUT2D eigenvalue weighted by atomic mass is 35.5. The van der Waals surface area contributed by atoms with Crippen LogP contribution in [0.15, 0.2) is 24.3 Å². The maximum atomic E-state index is 12.5. The van der Waals surface area contributed by atoms with Gasteiger partial charge in [-0.15, -0.1) is 12.4 Å². The molecule has 3 atom stereocenters. The lowest BCUT2D eigenvalue weighted by Crippen LogP contribution is -2.39. The van der Waals surface area contributed by atoms with E-state index in [9.17, 15) is 4.79 Å². The van der Waals surface area contributed by atoms with Crippen molar-refractivity contribution in [3.05, 3.63) is 29.8 Å². The van der Waals surface area contributed by atoms with Crippen molar-refractivity contribution in [1.82, 2.24) is 5.32 Å². The van der Waals surface area contributed by atoms with Crippen molar-refractivity contribution in [2.24, 2.45) is 5.92 Å². The van der Waals surface area contributed by atoms with Crippen LogP contribution in [0.1, 0.15) is 51.5 Å². The molecule has 1 aliphatic heterocycles. The van der Waals surface area contributed by atoms with E-state index in [1.165, 1.54) is 25.7 Å². The van der Waals surface area contributed by atoms with Gasteiger partial charge >= 0.3 is 0 Å². The molecule has 1 aromatic carbocycles. The van der Waals surface area contributed by atoms with Crippen molar-refractivity contribution >= 4 is 24.0 Å². The largest absolute Gasteiger partial charge is 0.374 e. The molecule has 0 radical (unpaired) electrons. The molecule has 3 rings (SSSR count). The SMILES string of the molecule is CC(C)OCc1ccc(NC(=O)C2CC3CCCCC3N2)cc1.Cl. The highest BCUT2D eigenvalue weighted by Gasteiger charge is 2.38. The zero-order valence-corrected chi connectivity index (χ0v) is 15.4. The minimum atomic E-state index is -0.0351. The first-order valence-electron chi connectivity index (χ1n) is 8.89. The summed E-state index contributed by atoms with van der Waals surface area (Å²) in [7, 11) is 0. The predicted octanol–water partition coefficient (Wildman–Crippen LogP) is 3.89. The molecule has 0 bridgehead atoms. The number of rotatable bonds is 5. The van der Waals surface area contributed by atoms with E-state index in [4.69, 9.17) is 4.74 Å². The number of amides is 1. The summed E-state index contributed by atoms with van der Waals surface area (Å²) in [5.41, 5.74) is 1.99. The monoisotopic (exact) mass is 352 g/mol. The topological polar surface area (TPSA) is 50.4 Å². The average molecular weight is 353 g/mol. The minimum absolute atomic E-state index is 0. The van der Waals surface area contributed by atoms with Crippen molar-refractivity contribution in [3.63, 3.8) is 0 Å². The second-order valence-corrected chi connectivity index (χ2v) is 7.15. The lowest BCUT2D eigenvalue weighted by Gasteiger charge is -2.24. The fourth-order valence-electron chi connectivity index (χ4n) is 3.70. The quantitative estimate of drug-likeness (QED) is 0.845. The smallest absolute Gasteiger partial charge is 0.241 e. The van der Waals surface area contributed by atoms with Gasteiger partial charge in [-0.1, -0.05) is 25.0 Å². The molecular weight excluding hydrogens is 324 g/mol. The Balaban J connectivity index is 0.00000208. The van der Waals surface area contributed by atoms with Crippen molar-refractivity contribution in [3.8, 4) is 0 Å². The summed E-state index contributed by atoms with van der Waals surface area (Å²) in [5.74, 6) is 0.792. The standard InChI is InChI=1S/C19H28N2O2.ClH/c1-13(2)23-12-14-7-9-16(10-8-14)20-19(22)18-11-15-5-3-4-6-17(15)21-18;/h7-10,13,15,17-18,21H,3-6,11-12H2,1-2H3,(H,20,22);1H. The van der Waals surface area contributed by atoms with Crippen molar-refractivity contribution in [1.29, 1.82) is 0 Å². The number of hydrogen-bond acceptors (Lipinski definition) is 3. The molecule has 5 heteroatoms. The highest BCUT2D eigenvalue weighted by Crippen LogP contribution is 2.33. The normalized spacial score (nSPS) is 25.9. The van der Waals surface area contributed by atoms with E-state index in [0.29, 0.717) is 18.6 Å². The minimum Gasteiger partial charge on any atom is -0.374 e. The van der Waals surface area contributed by atoms with Gasteiger partial charge in [0.2, 0.25) is 5.91 Å². The number of halogens is 1. The lowest BCUT2D eigenvalue weighted by molar-refractivity contribution is -0.117. The van der Waals surface area contributed by atoms with Crippen LogP contribution in [0.2, 0.25) is 0 Å². The summed E-state index contributed by atoms with van der Waals surface area (Å²) in [4.78, 5) is 12.5. The van der Waals surface area contributed by atoms with Gasteiger partial charge < -0.3 is 15.4 Å². The Hall–Kier alpha value is -1.10. The van der Waals surface area contributed by atoms with Crippen molar-refractivity contribution < 1.29 is 9.53 Å². The fraction of sp³-hybridized carbons (Fsp3) is 0.632. The molecule has 3 unspecified atom stereocenters. The molecule has 2 fully saturated rings. The fourth-order valence-corrected chi connectivity index (χ4v) is 3.70. The Morgan fingerprint density at radius 1 is 1.25 bits per heavy atom. The Bertz CT molecular complexity index is 519. The van der Waals surface area contributed by atoms with E-state index >= 15 is 0 Å².